The molecule has 2 amide bonds. The van der Waals surface area contributed by atoms with Gasteiger partial charge in [0.05, 0.1) is 10.6 Å². The van der Waals surface area contributed by atoms with Gasteiger partial charge in [-0.2, -0.15) is 0 Å². The standard InChI is InChI=1S/C35H37Cl2N3O4S/c1-25-10-8-13-27(20-25)23-39(32(34(42)38-35(2,3)4)21-26-11-6-5-7-12-26)33(41)24-40(30-15-9-14-29(37)22-30)45(43,44)31-18-16-28(36)17-19-31/h5-20,22,32H,21,23-24H2,1-4H3,(H,38,42)/t32-/m1/s1. The molecule has 0 saturated heterocycles. The van der Waals surface area contributed by atoms with Gasteiger partial charge in [-0.15, -0.1) is 0 Å². The summed E-state index contributed by atoms with van der Waals surface area (Å²) in [6.45, 7) is 7.07. The zero-order valence-corrected chi connectivity index (χ0v) is 28.0. The molecule has 4 rings (SSSR count). The lowest BCUT2D eigenvalue weighted by atomic mass is 10.0. The highest BCUT2D eigenvalue weighted by Gasteiger charge is 2.35. The first-order valence-electron chi connectivity index (χ1n) is 14.5. The highest BCUT2D eigenvalue weighted by molar-refractivity contribution is 7.92. The minimum Gasteiger partial charge on any atom is -0.350 e. The summed E-state index contributed by atoms with van der Waals surface area (Å²) in [6, 6.07) is 28.2. The lowest BCUT2D eigenvalue weighted by molar-refractivity contribution is -0.140. The number of amides is 2. The van der Waals surface area contributed by atoms with E-state index in [4.69, 9.17) is 23.2 Å². The van der Waals surface area contributed by atoms with Crippen molar-refractivity contribution >= 4 is 50.7 Å². The molecule has 0 fully saturated rings. The molecular weight excluding hydrogens is 629 g/mol. The maximum atomic E-state index is 14.5. The van der Waals surface area contributed by atoms with Crippen LogP contribution in [0.5, 0.6) is 0 Å². The smallest absolute Gasteiger partial charge is 0.264 e. The minimum absolute atomic E-state index is 0.0452. The summed E-state index contributed by atoms with van der Waals surface area (Å²) in [5, 5.41) is 3.71. The predicted octanol–water partition coefficient (Wildman–Crippen LogP) is 7.05. The number of nitrogens with one attached hydrogen (secondary N) is 1. The van der Waals surface area contributed by atoms with Gasteiger partial charge in [-0.25, -0.2) is 8.42 Å². The number of carbonyl (C=O) groups excluding carboxylic acids is 2. The van der Waals surface area contributed by atoms with Gasteiger partial charge in [0.2, 0.25) is 11.8 Å². The molecule has 45 heavy (non-hydrogen) atoms. The minimum atomic E-state index is -4.26. The molecule has 1 N–H and O–H groups in total. The van der Waals surface area contributed by atoms with E-state index in [1.54, 1.807) is 18.2 Å². The Morgan fingerprint density at radius 1 is 0.800 bits per heavy atom. The SMILES string of the molecule is Cc1cccc(CN(C(=O)CN(c2cccc(Cl)c2)S(=O)(=O)c2ccc(Cl)cc2)[C@H](Cc2ccccc2)C(=O)NC(C)(C)C)c1. The van der Waals surface area contributed by atoms with Crippen LogP contribution in [0.2, 0.25) is 10.0 Å². The van der Waals surface area contributed by atoms with Crippen LogP contribution in [0.3, 0.4) is 0 Å². The Bertz CT molecular complexity index is 1740. The predicted molar refractivity (Wildman–Crippen MR) is 181 cm³/mol. The van der Waals surface area contributed by atoms with Crippen molar-refractivity contribution in [3.05, 3.63) is 130 Å². The monoisotopic (exact) mass is 665 g/mol. The summed E-state index contributed by atoms with van der Waals surface area (Å²) >= 11 is 12.3. The Kier molecular flexibility index (Phi) is 11.0. The fourth-order valence-electron chi connectivity index (χ4n) is 4.91. The first-order chi connectivity index (χ1) is 21.2. The third-order valence-electron chi connectivity index (χ3n) is 6.98. The number of sulfonamides is 1. The fraction of sp³-hybridized carbons (Fsp3) is 0.257. The Morgan fingerprint density at radius 3 is 2.07 bits per heavy atom. The molecule has 0 aromatic heterocycles. The van der Waals surface area contributed by atoms with E-state index in [0.29, 0.717) is 10.0 Å². The Morgan fingerprint density at radius 2 is 1.44 bits per heavy atom. The van der Waals surface area contributed by atoms with E-state index in [1.807, 2.05) is 82.3 Å². The van der Waals surface area contributed by atoms with Crippen LogP contribution in [0.15, 0.2) is 108 Å². The van der Waals surface area contributed by atoms with Crippen LogP contribution in [0.4, 0.5) is 5.69 Å². The molecule has 7 nitrogen and oxygen atoms in total. The Labute approximate surface area is 275 Å². The number of aryl methyl sites for hydroxylation is 1. The molecule has 4 aromatic rings. The van der Waals surface area contributed by atoms with E-state index in [-0.39, 0.29) is 29.5 Å². The zero-order valence-electron chi connectivity index (χ0n) is 25.7. The molecule has 0 saturated carbocycles. The van der Waals surface area contributed by atoms with Gasteiger partial charge in [-0.05, 0) is 81.3 Å². The van der Waals surface area contributed by atoms with Gasteiger partial charge in [-0.1, -0.05) is 89.4 Å². The van der Waals surface area contributed by atoms with Crippen molar-refractivity contribution in [1.29, 1.82) is 0 Å². The van der Waals surface area contributed by atoms with E-state index < -0.39 is 34.1 Å². The van der Waals surface area contributed by atoms with Gasteiger partial charge in [0, 0.05) is 28.5 Å². The molecule has 4 aromatic carbocycles. The van der Waals surface area contributed by atoms with Crippen molar-refractivity contribution < 1.29 is 18.0 Å². The fourth-order valence-corrected chi connectivity index (χ4v) is 6.62. The number of hydrogen-bond acceptors (Lipinski definition) is 4. The third-order valence-corrected chi connectivity index (χ3v) is 9.26. The van der Waals surface area contributed by atoms with E-state index in [9.17, 15) is 18.0 Å². The molecule has 1 atom stereocenters. The largest absolute Gasteiger partial charge is 0.350 e. The molecule has 0 aliphatic carbocycles. The summed E-state index contributed by atoms with van der Waals surface area (Å²) < 4.78 is 29.2. The van der Waals surface area contributed by atoms with Crippen molar-refractivity contribution in [2.45, 2.75) is 57.1 Å². The number of benzene rings is 4. The van der Waals surface area contributed by atoms with E-state index >= 15 is 0 Å². The highest BCUT2D eigenvalue weighted by Crippen LogP contribution is 2.28. The Hall–Kier alpha value is -3.85. The van der Waals surface area contributed by atoms with Crippen LogP contribution in [0.25, 0.3) is 0 Å². The summed E-state index contributed by atoms with van der Waals surface area (Å²) in [6.07, 6.45) is 0.224. The summed E-state index contributed by atoms with van der Waals surface area (Å²) in [7, 11) is -4.26. The van der Waals surface area contributed by atoms with Gasteiger partial charge < -0.3 is 10.2 Å². The van der Waals surface area contributed by atoms with E-state index in [0.717, 1.165) is 21.0 Å². The molecule has 0 heterocycles. The topological polar surface area (TPSA) is 86.8 Å². The molecule has 0 radical (unpaired) electrons. The van der Waals surface area contributed by atoms with Crippen LogP contribution >= 0.6 is 23.2 Å². The number of carbonyl (C=O) groups is 2. The summed E-state index contributed by atoms with van der Waals surface area (Å²) in [5.74, 6) is -0.902. The third kappa shape index (κ3) is 9.33. The molecular formula is C35H37Cl2N3O4S. The number of rotatable bonds is 11. The molecule has 0 aliphatic heterocycles. The highest BCUT2D eigenvalue weighted by atomic mass is 35.5. The maximum absolute atomic E-state index is 14.5. The van der Waals surface area contributed by atoms with Gasteiger partial charge >= 0.3 is 0 Å². The molecule has 0 bridgehead atoms. The van der Waals surface area contributed by atoms with Gasteiger partial charge in [0.25, 0.3) is 10.0 Å². The molecule has 0 aliphatic rings. The first kappa shape index (κ1) is 34.0. The molecule has 236 valence electrons. The average Bonchev–Trinajstić information content (AvgIpc) is 2.97. The van der Waals surface area contributed by atoms with Gasteiger partial charge in [0.1, 0.15) is 12.6 Å². The number of nitrogens with zero attached hydrogens (tertiary/aromatic N) is 2. The van der Waals surface area contributed by atoms with Crippen molar-refractivity contribution in [3.63, 3.8) is 0 Å². The van der Waals surface area contributed by atoms with Gasteiger partial charge in [-0.3, -0.25) is 13.9 Å². The second-order valence-electron chi connectivity index (χ2n) is 11.9. The molecule has 10 heteroatoms. The zero-order chi connectivity index (χ0) is 32.8. The lowest BCUT2D eigenvalue weighted by Crippen LogP contribution is -2.56. The number of hydrogen-bond donors (Lipinski definition) is 1. The number of anilines is 1. The van der Waals surface area contributed by atoms with Crippen LogP contribution in [-0.2, 0) is 32.6 Å². The van der Waals surface area contributed by atoms with Crippen LogP contribution in [-0.4, -0.2) is 43.3 Å². The molecule has 0 unspecified atom stereocenters. The Balaban J connectivity index is 1.82. The second-order valence-corrected chi connectivity index (χ2v) is 14.6. The quantitative estimate of drug-likeness (QED) is 0.186. The van der Waals surface area contributed by atoms with Gasteiger partial charge in [0.15, 0.2) is 0 Å². The van der Waals surface area contributed by atoms with E-state index in [2.05, 4.69) is 5.32 Å². The van der Waals surface area contributed by atoms with Crippen molar-refractivity contribution in [2.75, 3.05) is 10.8 Å². The van der Waals surface area contributed by atoms with Crippen molar-refractivity contribution in [2.24, 2.45) is 0 Å². The normalized spacial score (nSPS) is 12.3. The van der Waals surface area contributed by atoms with E-state index in [1.165, 1.54) is 35.2 Å². The molecule has 0 spiro atoms. The maximum Gasteiger partial charge on any atom is 0.264 e. The van der Waals surface area contributed by atoms with Crippen molar-refractivity contribution in [1.82, 2.24) is 10.2 Å². The van der Waals surface area contributed by atoms with Crippen molar-refractivity contribution in [3.8, 4) is 0 Å². The van der Waals surface area contributed by atoms with Crippen LogP contribution < -0.4 is 9.62 Å². The van der Waals surface area contributed by atoms with Crippen LogP contribution in [0, 0.1) is 6.92 Å². The second kappa shape index (κ2) is 14.5. The number of halogens is 2. The lowest BCUT2D eigenvalue weighted by Gasteiger charge is -2.35. The first-order valence-corrected chi connectivity index (χ1v) is 16.7. The summed E-state index contributed by atoms with van der Waals surface area (Å²) in [5.41, 5.74) is 2.29. The average molecular weight is 667 g/mol. The van der Waals surface area contributed by atoms with Crippen LogP contribution in [0.1, 0.15) is 37.5 Å². The summed E-state index contributed by atoms with van der Waals surface area (Å²) in [4.78, 5) is 29.9.